The summed E-state index contributed by atoms with van der Waals surface area (Å²) in [5, 5.41) is 8.97. The number of benzene rings is 1. The van der Waals surface area contributed by atoms with Gasteiger partial charge in [0.15, 0.2) is 0 Å². The number of primary sulfonamides is 1. The highest BCUT2D eigenvalue weighted by Gasteiger charge is 2.16. The van der Waals surface area contributed by atoms with Crippen molar-refractivity contribution in [2.75, 3.05) is 6.54 Å². The first-order chi connectivity index (χ1) is 9.99. The first kappa shape index (κ1) is 16.1. The zero-order chi connectivity index (χ0) is 15.3. The third-order valence-corrected chi connectivity index (χ3v) is 4.74. The van der Waals surface area contributed by atoms with Crippen LogP contribution in [0.5, 0.6) is 0 Å². The molecule has 0 saturated carbocycles. The molecule has 0 amide bonds. The fourth-order valence-corrected chi connectivity index (χ4v) is 3.95. The number of hydrogen-bond donors (Lipinski definition) is 2. The van der Waals surface area contributed by atoms with Crippen LogP contribution in [0.2, 0.25) is 0 Å². The third-order valence-electron chi connectivity index (χ3n) is 2.83. The molecule has 1 heterocycles. The molecule has 0 aliphatic heterocycles. The van der Waals surface area contributed by atoms with E-state index in [1.54, 1.807) is 0 Å². The molecular weight excluding hydrogens is 306 g/mol. The fraction of sp³-hybridized carbons (Fsp3) is 0.357. The number of nitrogens with one attached hydrogen (secondary N) is 1. The molecule has 0 saturated heterocycles. The number of hydrogen-bond acceptors (Lipinski definition) is 5. The molecule has 2 rings (SSSR count). The number of sulfonamides is 1. The molecule has 3 N–H and O–H groups in total. The highest BCUT2D eigenvalue weighted by Crippen LogP contribution is 2.28. The minimum Gasteiger partial charge on any atom is -0.312 e. The molecule has 0 atom stereocenters. The van der Waals surface area contributed by atoms with E-state index < -0.39 is 10.0 Å². The van der Waals surface area contributed by atoms with Crippen LogP contribution in [0.15, 0.2) is 30.3 Å². The van der Waals surface area contributed by atoms with Gasteiger partial charge in [-0.2, -0.15) is 0 Å². The Labute approximate surface area is 129 Å². The van der Waals surface area contributed by atoms with Crippen LogP contribution in [0, 0.1) is 0 Å². The molecule has 21 heavy (non-hydrogen) atoms. The van der Waals surface area contributed by atoms with Crippen LogP contribution in [0.25, 0.3) is 11.3 Å². The summed E-state index contributed by atoms with van der Waals surface area (Å²) < 4.78 is 22.5. The molecule has 0 aliphatic carbocycles. The standard InChI is InChI=1S/C14H19N3O2S2/c1-2-8-16-9-12-14(11-6-4-3-5-7-11)17-13(20-12)10-21(15,18)19/h3-7,16H,2,8-10H2,1H3,(H2,15,18,19). The van der Waals surface area contributed by atoms with Gasteiger partial charge in [-0.15, -0.1) is 11.3 Å². The molecule has 5 nitrogen and oxygen atoms in total. The van der Waals surface area contributed by atoms with Crippen molar-refractivity contribution >= 4 is 21.4 Å². The molecule has 0 bridgehead atoms. The summed E-state index contributed by atoms with van der Waals surface area (Å²) >= 11 is 1.40. The second-order valence-electron chi connectivity index (χ2n) is 4.73. The lowest BCUT2D eigenvalue weighted by molar-refractivity contribution is 0.597. The maximum Gasteiger partial charge on any atom is 0.215 e. The summed E-state index contributed by atoms with van der Waals surface area (Å²) in [5.74, 6) is -0.217. The lowest BCUT2D eigenvalue weighted by Gasteiger charge is -2.03. The van der Waals surface area contributed by atoms with Gasteiger partial charge in [0.2, 0.25) is 10.0 Å². The molecule has 0 unspecified atom stereocenters. The van der Waals surface area contributed by atoms with Crippen LogP contribution >= 0.6 is 11.3 Å². The van der Waals surface area contributed by atoms with Gasteiger partial charge in [-0.3, -0.25) is 0 Å². The van der Waals surface area contributed by atoms with E-state index in [1.165, 1.54) is 11.3 Å². The highest BCUT2D eigenvalue weighted by molar-refractivity contribution is 7.88. The Hall–Kier alpha value is -1.28. The van der Waals surface area contributed by atoms with Crippen molar-refractivity contribution in [2.45, 2.75) is 25.6 Å². The third kappa shape index (κ3) is 4.89. The molecular formula is C14H19N3O2S2. The van der Waals surface area contributed by atoms with E-state index in [0.717, 1.165) is 29.1 Å². The normalized spacial score (nSPS) is 11.7. The topological polar surface area (TPSA) is 85.1 Å². The molecule has 1 aromatic carbocycles. The van der Waals surface area contributed by atoms with Gasteiger partial charge in [0, 0.05) is 17.0 Å². The Kier molecular flexibility index (Phi) is 5.46. The van der Waals surface area contributed by atoms with Crippen molar-refractivity contribution in [2.24, 2.45) is 5.14 Å². The number of nitrogens with two attached hydrogens (primary N) is 1. The van der Waals surface area contributed by atoms with Gasteiger partial charge in [-0.1, -0.05) is 37.3 Å². The van der Waals surface area contributed by atoms with E-state index in [0.29, 0.717) is 11.6 Å². The second-order valence-corrected chi connectivity index (χ2v) is 7.51. The van der Waals surface area contributed by atoms with Crippen molar-refractivity contribution in [1.29, 1.82) is 0 Å². The number of rotatable bonds is 7. The Balaban J connectivity index is 2.31. The second kappa shape index (κ2) is 7.13. The van der Waals surface area contributed by atoms with Gasteiger partial charge in [-0.25, -0.2) is 18.5 Å². The summed E-state index contributed by atoms with van der Waals surface area (Å²) in [6, 6.07) is 9.77. The Morgan fingerprint density at radius 1 is 1.29 bits per heavy atom. The maximum atomic E-state index is 11.2. The molecule has 0 fully saturated rings. The monoisotopic (exact) mass is 325 g/mol. The zero-order valence-corrected chi connectivity index (χ0v) is 13.5. The SMILES string of the molecule is CCCNCc1sc(CS(N)(=O)=O)nc1-c1ccccc1. The minimum atomic E-state index is -3.56. The van der Waals surface area contributed by atoms with E-state index in [2.05, 4.69) is 17.2 Å². The van der Waals surface area contributed by atoms with Gasteiger partial charge in [-0.05, 0) is 13.0 Å². The van der Waals surface area contributed by atoms with Crippen LogP contribution in [-0.4, -0.2) is 19.9 Å². The van der Waals surface area contributed by atoms with Crippen LogP contribution in [0.1, 0.15) is 23.2 Å². The Bertz CT molecular complexity index is 681. The average Bonchev–Trinajstić information content (AvgIpc) is 2.81. The largest absolute Gasteiger partial charge is 0.312 e. The van der Waals surface area contributed by atoms with E-state index in [4.69, 9.17) is 5.14 Å². The first-order valence-electron chi connectivity index (χ1n) is 6.75. The summed E-state index contributed by atoms with van der Waals surface area (Å²) in [5.41, 5.74) is 1.82. The predicted molar refractivity (Wildman–Crippen MR) is 86.4 cm³/mol. The van der Waals surface area contributed by atoms with E-state index in [-0.39, 0.29) is 5.75 Å². The van der Waals surface area contributed by atoms with Crippen LogP contribution in [0.3, 0.4) is 0 Å². The van der Waals surface area contributed by atoms with Crippen molar-refractivity contribution in [3.63, 3.8) is 0 Å². The van der Waals surface area contributed by atoms with Gasteiger partial charge in [0.1, 0.15) is 10.8 Å². The summed E-state index contributed by atoms with van der Waals surface area (Å²) in [4.78, 5) is 5.50. The van der Waals surface area contributed by atoms with Crippen LogP contribution in [-0.2, 0) is 22.3 Å². The number of thiazole rings is 1. The number of aromatic nitrogens is 1. The van der Waals surface area contributed by atoms with E-state index in [1.807, 2.05) is 30.3 Å². The van der Waals surface area contributed by atoms with Gasteiger partial charge >= 0.3 is 0 Å². The summed E-state index contributed by atoms with van der Waals surface area (Å²) in [6.45, 7) is 3.70. The molecule has 2 aromatic rings. The van der Waals surface area contributed by atoms with E-state index >= 15 is 0 Å². The number of nitrogens with zero attached hydrogens (tertiary/aromatic N) is 1. The lowest BCUT2D eigenvalue weighted by Crippen LogP contribution is -2.14. The minimum absolute atomic E-state index is 0.217. The molecule has 0 spiro atoms. The van der Waals surface area contributed by atoms with Gasteiger partial charge in [0.25, 0.3) is 0 Å². The smallest absolute Gasteiger partial charge is 0.215 e. The summed E-state index contributed by atoms with van der Waals surface area (Å²) in [7, 11) is -3.56. The molecule has 0 aliphatic rings. The fourth-order valence-electron chi connectivity index (χ4n) is 1.95. The predicted octanol–water partition coefficient (Wildman–Crippen LogP) is 2.10. The van der Waals surface area contributed by atoms with Crippen molar-refractivity contribution in [3.8, 4) is 11.3 Å². The Morgan fingerprint density at radius 2 is 2.00 bits per heavy atom. The average molecular weight is 325 g/mol. The summed E-state index contributed by atoms with van der Waals surface area (Å²) in [6.07, 6.45) is 1.05. The lowest BCUT2D eigenvalue weighted by atomic mass is 10.1. The van der Waals surface area contributed by atoms with Gasteiger partial charge in [0.05, 0.1) is 5.69 Å². The molecule has 0 radical (unpaired) electrons. The Morgan fingerprint density at radius 3 is 2.62 bits per heavy atom. The molecule has 1 aromatic heterocycles. The molecule has 7 heteroatoms. The van der Waals surface area contributed by atoms with Crippen LogP contribution in [0.4, 0.5) is 0 Å². The quantitative estimate of drug-likeness (QED) is 0.763. The molecule has 114 valence electrons. The van der Waals surface area contributed by atoms with Crippen molar-refractivity contribution in [3.05, 3.63) is 40.2 Å². The van der Waals surface area contributed by atoms with E-state index in [9.17, 15) is 8.42 Å². The van der Waals surface area contributed by atoms with Gasteiger partial charge < -0.3 is 5.32 Å². The first-order valence-corrected chi connectivity index (χ1v) is 9.28. The highest BCUT2D eigenvalue weighted by atomic mass is 32.2. The van der Waals surface area contributed by atoms with Crippen molar-refractivity contribution in [1.82, 2.24) is 10.3 Å². The maximum absolute atomic E-state index is 11.2. The van der Waals surface area contributed by atoms with Crippen LogP contribution < -0.4 is 10.5 Å². The zero-order valence-electron chi connectivity index (χ0n) is 11.9. The van der Waals surface area contributed by atoms with Crippen molar-refractivity contribution < 1.29 is 8.42 Å².